The Bertz CT molecular complexity index is 978. The van der Waals surface area contributed by atoms with Crippen molar-refractivity contribution in [2.45, 2.75) is 25.9 Å². The summed E-state index contributed by atoms with van der Waals surface area (Å²) in [6.07, 6.45) is 9.30. The monoisotopic (exact) mass is 510 g/mol. The van der Waals surface area contributed by atoms with Gasteiger partial charge in [-0.2, -0.15) is 0 Å². The number of amides is 1. The van der Waals surface area contributed by atoms with Gasteiger partial charge in [0, 0.05) is 56.5 Å². The Kier molecular flexibility index (Phi) is 12.8. The summed E-state index contributed by atoms with van der Waals surface area (Å²) in [5.74, 6) is 0.818. The Morgan fingerprint density at radius 3 is 2.52 bits per heavy atom. The molecule has 0 atom stereocenters. The van der Waals surface area contributed by atoms with Crippen LogP contribution in [-0.4, -0.2) is 40.5 Å². The maximum atomic E-state index is 11.7. The smallest absolute Gasteiger partial charge is 0.251 e. The SMILES string of the molecule is Cl.Cl.Cl.O=C1NCc2cc(OCCCN(CCc3cccnc3)Cc3ccncc3)ccc21. The van der Waals surface area contributed by atoms with Crippen LogP contribution >= 0.6 is 37.2 Å². The molecule has 0 saturated carbocycles. The Hall–Kier alpha value is -2.38. The van der Waals surface area contributed by atoms with Crippen molar-refractivity contribution in [3.05, 3.63) is 89.5 Å². The molecule has 2 aromatic heterocycles. The van der Waals surface area contributed by atoms with E-state index in [2.05, 4.69) is 38.4 Å². The van der Waals surface area contributed by atoms with Gasteiger partial charge < -0.3 is 10.1 Å². The lowest BCUT2D eigenvalue weighted by molar-refractivity contribution is 0.0965. The summed E-state index contributed by atoms with van der Waals surface area (Å²) < 4.78 is 5.94. The van der Waals surface area contributed by atoms with Crippen molar-refractivity contribution in [3.63, 3.8) is 0 Å². The standard InChI is InChI=1S/C24H26N4O2.3ClH/c29-24-23-5-4-22(15-21(23)17-27-24)30-14-2-12-28(18-20-6-10-25-11-7-20)13-8-19-3-1-9-26-16-19;;;/h1,3-7,9-11,15-16H,2,8,12-14,17-18H2,(H,27,29);3*1H. The van der Waals surface area contributed by atoms with Gasteiger partial charge in [-0.05, 0) is 65.9 Å². The number of rotatable bonds is 10. The lowest BCUT2D eigenvalue weighted by Gasteiger charge is -2.22. The van der Waals surface area contributed by atoms with E-state index in [1.807, 2.05) is 42.9 Å². The third-order valence-electron chi connectivity index (χ3n) is 5.24. The topological polar surface area (TPSA) is 67.3 Å². The molecule has 9 heteroatoms. The first-order chi connectivity index (χ1) is 14.8. The molecule has 1 aliphatic rings. The van der Waals surface area contributed by atoms with E-state index in [9.17, 15) is 4.79 Å². The van der Waals surface area contributed by atoms with Crippen LogP contribution in [0.25, 0.3) is 0 Å². The van der Waals surface area contributed by atoms with Crippen LogP contribution in [0.1, 0.15) is 33.5 Å². The minimum absolute atomic E-state index is 0. The van der Waals surface area contributed by atoms with E-state index in [1.165, 1.54) is 11.1 Å². The molecule has 0 fully saturated rings. The van der Waals surface area contributed by atoms with Gasteiger partial charge in [0.2, 0.25) is 0 Å². The zero-order valence-electron chi connectivity index (χ0n) is 18.2. The molecule has 1 amide bonds. The van der Waals surface area contributed by atoms with Gasteiger partial charge >= 0.3 is 0 Å². The lowest BCUT2D eigenvalue weighted by Crippen LogP contribution is -2.28. The van der Waals surface area contributed by atoms with Crippen molar-refractivity contribution < 1.29 is 9.53 Å². The zero-order valence-corrected chi connectivity index (χ0v) is 20.6. The number of hydrogen-bond donors (Lipinski definition) is 1. The van der Waals surface area contributed by atoms with Gasteiger partial charge in [0.05, 0.1) is 6.61 Å². The van der Waals surface area contributed by atoms with Crippen LogP contribution in [0.5, 0.6) is 5.75 Å². The largest absolute Gasteiger partial charge is 0.494 e. The van der Waals surface area contributed by atoms with Gasteiger partial charge in [-0.1, -0.05) is 6.07 Å². The molecular formula is C24H29Cl3N4O2. The van der Waals surface area contributed by atoms with Crippen LogP contribution < -0.4 is 10.1 Å². The number of ether oxygens (including phenoxy) is 1. The zero-order chi connectivity index (χ0) is 20.6. The molecule has 178 valence electrons. The number of halogens is 3. The summed E-state index contributed by atoms with van der Waals surface area (Å²) in [4.78, 5) is 22.4. The van der Waals surface area contributed by atoms with Gasteiger partial charge in [-0.3, -0.25) is 19.7 Å². The summed E-state index contributed by atoms with van der Waals surface area (Å²) in [6.45, 7) is 4.00. The van der Waals surface area contributed by atoms with Crippen molar-refractivity contribution in [1.29, 1.82) is 0 Å². The first kappa shape index (κ1) is 28.7. The number of aromatic nitrogens is 2. The van der Waals surface area contributed by atoms with Crippen LogP contribution in [0.15, 0.2) is 67.3 Å². The molecule has 3 heterocycles. The Balaban J connectivity index is 0.00000181. The highest BCUT2D eigenvalue weighted by Crippen LogP contribution is 2.21. The molecule has 1 N–H and O–H groups in total. The van der Waals surface area contributed by atoms with Gasteiger partial charge in [-0.15, -0.1) is 37.2 Å². The van der Waals surface area contributed by atoms with Crippen LogP contribution in [0.3, 0.4) is 0 Å². The third-order valence-corrected chi connectivity index (χ3v) is 5.24. The summed E-state index contributed by atoms with van der Waals surface area (Å²) in [5.41, 5.74) is 4.26. The average Bonchev–Trinajstić information content (AvgIpc) is 3.16. The molecular weight excluding hydrogens is 483 g/mol. The van der Waals surface area contributed by atoms with E-state index >= 15 is 0 Å². The van der Waals surface area contributed by atoms with Crippen molar-refractivity contribution >= 4 is 43.1 Å². The van der Waals surface area contributed by atoms with Crippen LogP contribution in [-0.2, 0) is 19.5 Å². The second-order valence-corrected chi connectivity index (χ2v) is 7.45. The Morgan fingerprint density at radius 2 is 1.76 bits per heavy atom. The number of pyridine rings is 2. The minimum atomic E-state index is -0.00285. The normalized spacial score (nSPS) is 11.5. The predicted octanol–water partition coefficient (Wildman–Crippen LogP) is 4.50. The van der Waals surface area contributed by atoms with E-state index in [-0.39, 0.29) is 43.1 Å². The van der Waals surface area contributed by atoms with Crippen molar-refractivity contribution in [2.24, 2.45) is 0 Å². The molecule has 33 heavy (non-hydrogen) atoms. The number of hydrogen-bond acceptors (Lipinski definition) is 5. The number of fused-ring (bicyclic) bond motifs is 1. The average molecular weight is 512 g/mol. The number of nitrogens with zero attached hydrogens (tertiary/aromatic N) is 3. The molecule has 4 rings (SSSR count). The first-order valence-corrected chi connectivity index (χ1v) is 10.3. The molecule has 1 aliphatic heterocycles. The van der Waals surface area contributed by atoms with Crippen molar-refractivity contribution in [2.75, 3.05) is 19.7 Å². The van der Waals surface area contributed by atoms with Crippen LogP contribution in [0, 0.1) is 0 Å². The molecule has 0 spiro atoms. The van der Waals surface area contributed by atoms with Crippen molar-refractivity contribution in [3.8, 4) is 5.75 Å². The van der Waals surface area contributed by atoms with Gasteiger partial charge in [0.1, 0.15) is 5.75 Å². The summed E-state index contributed by atoms with van der Waals surface area (Å²) in [6, 6.07) is 13.9. The fraction of sp³-hybridized carbons (Fsp3) is 0.292. The number of benzene rings is 1. The summed E-state index contributed by atoms with van der Waals surface area (Å²) in [5, 5.41) is 2.83. The highest BCUT2D eigenvalue weighted by Gasteiger charge is 2.18. The van der Waals surface area contributed by atoms with Gasteiger partial charge in [0.15, 0.2) is 0 Å². The molecule has 0 unspecified atom stereocenters. The second kappa shape index (κ2) is 14.7. The molecule has 3 aromatic rings. The lowest BCUT2D eigenvalue weighted by atomic mass is 10.1. The highest BCUT2D eigenvalue weighted by atomic mass is 35.5. The number of carbonyl (C=O) groups excluding carboxylic acids is 1. The summed E-state index contributed by atoms with van der Waals surface area (Å²) >= 11 is 0. The molecule has 6 nitrogen and oxygen atoms in total. The maximum absolute atomic E-state index is 11.7. The van der Waals surface area contributed by atoms with Gasteiger partial charge in [0.25, 0.3) is 5.91 Å². The Labute approximate surface area is 213 Å². The number of carbonyl (C=O) groups is 1. The first-order valence-electron chi connectivity index (χ1n) is 10.3. The minimum Gasteiger partial charge on any atom is -0.494 e. The number of nitrogens with one attached hydrogen (secondary N) is 1. The van der Waals surface area contributed by atoms with E-state index in [4.69, 9.17) is 4.74 Å². The maximum Gasteiger partial charge on any atom is 0.251 e. The quantitative estimate of drug-likeness (QED) is 0.406. The van der Waals surface area contributed by atoms with Crippen LogP contribution in [0.4, 0.5) is 0 Å². The van der Waals surface area contributed by atoms with E-state index in [0.29, 0.717) is 13.2 Å². The van der Waals surface area contributed by atoms with E-state index in [0.717, 1.165) is 49.4 Å². The summed E-state index contributed by atoms with van der Waals surface area (Å²) in [7, 11) is 0. The van der Waals surface area contributed by atoms with E-state index in [1.54, 1.807) is 6.20 Å². The van der Waals surface area contributed by atoms with Crippen LogP contribution in [0.2, 0.25) is 0 Å². The van der Waals surface area contributed by atoms with Crippen molar-refractivity contribution in [1.82, 2.24) is 20.2 Å². The Morgan fingerprint density at radius 1 is 0.939 bits per heavy atom. The third kappa shape index (κ3) is 8.48. The molecule has 0 aliphatic carbocycles. The molecule has 0 saturated heterocycles. The van der Waals surface area contributed by atoms with Gasteiger partial charge in [-0.25, -0.2) is 0 Å². The predicted molar refractivity (Wildman–Crippen MR) is 137 cm³/mol. The fourth-order valence-corrected chi connectivity index (χ4v) is 3.63. The molecule has 0 bridgehead atoms. The fourth-order valence-electron chi connectivity index (χ4n) is 3.63. The highest BCUT2D eigenvalue weighted by molar-refractivity contribution is 5.98. The van der Waals surface area contributed by atoms with E-state index < -0.39 is 0 Å². The second-order valence-electron chi connectivity index (χ2n) is 7.45. The molecule has 0 radical (unpaired) electrons. The molecule has 1 aromatic carbocycles.